The minimum atomic E-state index is -0.0811. The van der Waals surface area contributed by atoms with Crippen molar-refractivity contribution in [2.24, 2.45) is 40.4 Å². The van der Waals surface area contributed by atoms with Gasteiger partial charge in [-0.05, 0) is 111 Å². The van der Waals surface area contributed by atoms with Crippen molar-refractivity contribution >= 4 is 0 Å². The highest BCUT2D eigenvalue weighted by molar-refractivity contribution is 5.25. The second-order valence-corrected chi connectivity index (χ2v) is 11.2. The van der Waals surface area contributed by atoms with E-state index in [1.165, 1.54) is 57.8 Å². The van der Waals surface area contributed by atoms with Crippen molar-refractivity contribution < 1.29 is 5.11 Å². The summed E-state index contributed by atoms with van der Waals surface area (Å²) in [7, 11) is 0. The van der Waals surface area contributed by atoms with Gasteiger partial charge in [0.25, 0.3) is 0 Å². The molecule has 0 aromatic heterocycles. The fourth-order valence-corrected chi connectivity index (χ4v) is 8.13. The van der Waals surface area contributed by atoms with Gasteiger partial charge in [-0.2, -0.15) is 0 Å². The third-order valence-corrected chi connectivity index (χ3v) is 10.2. The molecule has 3 fully saturated rings. The van der Waals surface area contributed by atoms with Crippen LogP contribution >= 0.6 is 0 Å². The lowest BCUT2D eigenvalue weighted by molar-refractivity contribution is -0.0492. The molecule has 0 bridgehead atoms. The first-order valence-electron chi connectivity index (χ1n) is 12.5. The maximum Gasteiger partial charge on any atom is 0.0577 e. The molecule has 0 saturated heterocycles. The van der Waals surface area contributed by atoms with Crippen molar-refractivity contribution in [3.63, 3.8) is 0 Å². The molecular formula is C27H44O. The van der Waals surface area contributed by atoms with Crippen molar-refractivity contribution in [3.05, 3.63) is 23.8 Å². The molecule has 4 rings (SSSR count). The molecule has 0 unspecified atom stereocenters. The van der Waals surface area contributed by atoms with E-state index in [0.717, 1.165) is 42.4 Å². The first-order chi connectivity index (χ1) is 13.4. The van der Waals surface area contributed by atoms with Crippen LogP contribution in [0, 0.1) is 40.4 Å². The van der Waals surface area contributed by atoms with E-state index in [1.54, 1.807) is 5.57 Å². The van der Waals surface area contributed by atoms with Crippen molar-refractivity contribution in [2.45, 2.75) is 104 Å². The number of allylic oxidation sites excluding steroid dienone is 3. The molecule has 1 nitrogen and oxygen atoms in total. The van der Waals surface area contributed by atoms with Crippen molar-refractivity contribution in [2.75, 3.05) is 0 Å². The minimum absolute atomic E-state index is 0.0811. The molecule has 0 spiro atoms. The number of hydrogen-bond donors (Lipinski definition) is 1. The van der Waals surface area contributed by atoms with Crippen LogP contribution in [0.25, 0.3) is 0 Å². The molecule has 28 heavy (non-hydrogen) atoms. The first kappa shape index (κ1) is 20.7. The van der Waals surface area contributed by atoms with Gasteiger partial charge in [0.2, 0.25) is 0 Å². The normalized spacial score (nSPS) is 45.6. The number of fused-ring (bicyclic) bond motifs is 5. The van der Waals surface area contributed by atoms with E-state index in [-0.39, 0.29) is 6.10 Å². The Morgan fingerprint density at radius 3 is 2.61 bits per heavy atom. The molecule has 0 aliphatic heterocycles. The van der Waals surface area contributed by atoms with Gasteiger partial charge in [-0.25, -0.2) is 0 Å². The SMILES string of the molecule is CCC(/C=C/C[C@H]1CC[C@H]2[C@@H]3CC=C4C[C@@H](O)CC[C@]4(C)[C@H]3CC[C@]12C)CC. The van der Waals surface area contributed by atoms with Crippen molar-refractivity contribution in [1.29, 1.82) is 0 Å². The standard InChI is InChI=1S/C27H44O/c1-5-19(6-2)8-7-9-20-11-13-24-23-12-10-21-18-22(28)14-16-27(21,4)25(23)15-17-26(20,24)3/h7-8,10,19-20,22-25,28H,5-6,9,11-18H2,1-4H3/b8-7+/t20-,22-,23-,24-,25-,26+,27-/m0/s1. The largest absolute Gasteiger partial charge is 0.393 e. The summed E-state index contributed by atoms with van der Waals surface area (Å²) in [4.78, 5) is 0. The molecule has 4 aliphatic rings. The average molecular weight is 385 g/mol. The van der Waals surface area contributed by atoms with Crippen LogP contribution in [0.15, 0.2) is 23.8 Å². The van der Waals surface area contributed by atoms with Gasteiger partial charge in [-0.15, -0.1) is 0 Å². The summed E-state index contributed by atoms with van der Waals surface area (Å²) in [5, 5.41) is 10.2. The minimum Gasteiger partial charge on any atom is -0.393 e. The van der Waals surface area contributed by atoms with Crippen LogP contribution in [0.4, 0.5) is 0 Å². The maximum absolute atomic E-state index is 10.2. The molecule has 7 atom stereocenters. The Bertz CT molecular complexity index is 614. The summed E-state index contributed by atoms with van der Waals surface area (Å²) in [5.41, 5.74) is 2.56. The number of hydrogen-bond acceptors (Lipinski definition) is 1. The van der Waals surface area contributed by atoms with Gasteiger partial charge in [0.15, 0.2) is 0 Å². The van der Waals surface area contributed by atoms with E-state index in [4.69, 9.17) is 0 Å². The van der Waals surface area contributed by atoms with Gasteiger partial charge in [0, 0.05) is 0 Å². The Morgan fingerprint density at radius 1 is 1.07 bits per heavy atom. The Kier molecular flexibility index (Phi) is 5.87. The number of aliphatic hydroxyl groups excluding tert-OH is 1. The summed E-state index contributed by atoms with van der Waals surface area (Å²) in [5.74, 6) is 4.38. The summed E-state index contributed by atoms with van der Waals surface area (Å²) >= 11 is 0. The van der Waals surface area contributed by atoms with E-state index >= 15 is 0 Å². The van der Waals surface area contributed by atoms with E-state index in [9.17, 15) is 5.11 Å². The van der Waals surface area contributed by atoms with Crippen LogP contribution in [-0.2, 0) is 0 Å². The second-order valence-electron chi connectivity index (χ2n) is 11.2. The summed E-state index contributed by atoms with van der Waals surface area (Å²) in [6, 6.07) is 0. The predicted molar refractivity (Wildman–Crippen MR) is 119 cm³/mol. The smallest absolute Gasteiger partial charge is 0.0577 e. The predicted octanol–water partition coefficient (Wildman–Crippen LogP) is 7.31. The highest BCUT2D eigenvalue weighted by atomic mass is 16.3. The zero-order chi connectivity index (χ0) is 19.9. The van der Waals surface area contributed by atoms with Crippen LogP contribution in [-0.4, -0.2) is 11.2 Å². The van der Waals surface area contributed by atoms with E-state index in [2.05, 4.69) is 45.9 Å². The van der Waals surface area contributed by atoms with Crippen molar-refractivity contribution in [1.82, 2.24) is 0 Å². The van der Waals surface area contributed by atoms with Gasteiger partial charge in [0.1, 0.15) is 0 Å². The van der Waals surface area contributed by atoms with Gasteiger partial charge in [0.05, 0.1) is 6.10 Å². The molecule has 0 radical (unpaired) electrons. The molecular weight excluding hydrogens is 340 g/mol. The Hall–Kier alpha value is -0.560. The van der Waals surface area contributed by atoms with E-state index in [0.29, 0.717) is 10.8 Å². The lowest BCUT2D eigenvalue weighted by Gasteiger charge is -2.58. The van der Waals surface area contributed by atoms with Gasteiger partial charge in [-0.3, -0.25) is 0 Å². The van der Waals surface area contributed by atoms with Crippen LogP contribution in [0.3, 0.4) is 0 Å². The monoisotopic (exact) mass is 384 g/mol. The van der Waals surface area contributed by atoms with Crippen LogP contribution in [0.5, 0.6) is 0 Å². The van der Waals surface area contributed by atoms with E-state index < -0.39 is 0 Å². The zero-order valence-corrected chi connectivity index (χ0v) is 18.9. The molecule has 0 aromatic carbocycles. The molecule has 0 amide bonds. The average Bonchev–Trinajstić information content (AvgIpc) is 3.02. The second kappa shape index (κ2) is 7.93. The summed E-state index contributed by atoms with van der Waals surface area (Å²) in [6.07, 6.45) is 21.7. The molecule has 3 saturated carbocycles. The molecule has 1 N–H and O–H groups in total. The Morgan fingerprint density at radius 2 is 1.86 bits per heavy atom. The topological polar surface area (TPSA) is 20.2 Å². The highest BCUT2D eigenvalue weighted by Crippen LogP contribution is 2.66. The molecule has 0 aromatic rings. The molecule has 158 valence electrons. The molecule has 4 aliphatic carbocycles. The summed E-state index contributed by atoms with van der Waals surface area (Å²) < 4.78 is 0. The number of rotatable bonds is 5. The fourth-order valence-electron chi connectivity index (χ4n) is 8.13. The highest BCUT2D eigenvalue weighted by Gasteiger charge is 2.58. The molecule has 1 heteroatoms. The zero-order valence-electron chi connectivity index (χ0n) is 18.9. The molecule has 0 heterocycles. The lowest BCUT2D eigenvalue weighted by Crippen LogP contribution is -2.50. The third-order valence-electron chi connectivity index (χ3n) is 10.2. The summed E-state index contributed by atoms with van der Waals surface area (Å²) in [6.45, 7) is 9.85. The quantitative estimate of drug-likeness (QED) is 0.493. The number of aliphatic hydroxyl groups is 1. The Labute approximate surface area is 174 Å². The van der Waals surface area contributed by atoms with Crippen LogP contribution < -0.4 is 0 Å². The van der Waals surface area contributed by atoms with Gasteiger partial charge >= 0.3 is 0 Å². The first-order valence-corrected chi connectivity index (χ1v) is 12.5. The third kappa shape index (κ3) is 3.34. The lowest BCUT2D eigenvalue weighted by atomic mass is 9.47. The van der Waals surface area contributed by atoms with Gasteiger partial charge in [-0.1, -0.05) is 51.5 Å². The van der Waals surface area contributed by atoms with Gasteiger partial charge < -0.3 is 5.11 Å². The Balaban J connectivity index is 1.49. The van der Waals surface area contributed by atoms with Crippen molar-refractivity contribution in [3.8, 4) is 0 Å². The van der Waals surface area contributed by atoms with Crippen LogP contribution in [0.2, 0.25) is 0 Å². The maximum atomic E-state index is 10.2. The fraction of sp³-hybridized carbons (Fsp3) is 0.852. The van der Waals surface area contributed by atoms with E-state index in [1.807, 2.05) is 0 Å². The van der Waals surface area contributed by atoms with Crippen LogP contribution in [0.1, 0.15) is 98.3 Å².